The number of rotatable bonds is 3. The highest BCUT2D eigenvalue weighted by Crippen LogP contribution is 2.17. The van der Waals surface area contributed by atoms with Gasteiger partial charge in [-0.1, -0.05) is 6.92 Å². The number of aliphatic hydroxyl groups is 1. The van der Waals surface area contributed by atoms with Gasteiger partial charge in [-0.3, -0.25) is 0 Å². The van der Waals surface area contributed by atoms with Crippen LogP contribution in [0.25, 0.3) is 0 Å². The zero-order valence-corrected chi connectivity index (χ0v) is 8.64. The number of hydrogen-bond acceptors (Lipinski definition) is 3. The molecule has 0 bridgehead atoms. The van der Waals surface area contributed by atoms with Crippen LogP contribution in [0.5, 0.6) is 0 Å². The van der Waals surface area contributed by atoms with Gasteiger partial charge in [-0.25, -0.2) is 9.59 Å². The summed E-state index contributed by atoms with van der Waals surface area (Å²) in [4.78, 5) is 23.5. The second-order valence-electron chi connectivity index (χ2n) is 3.63. The predicted molar refractivity (Wildman–Crippen MR) is 52.4 cm³/mol. The van der Waals surface area contributed by atoms with Crippen molar-refractivity contribution in [2.24, 2.45) is 0 Å². The summed E-state index contributed by atoms with van der Waals surface area (Å²) >= 11 is 0. The van der Waals surface area contributed by atoms with Crippen molar-refractivity contribution in [3.8, 4) is 0 Å². The quantitative estimate of drug-likeness (QED) is 0.600. The third-order valence-electron chi connectivity index (χ3n) is 2.35. The van der Waals surface area contributed by atoms with Crippen LogP contribution in [0.1, 0.15) is 19.8 Å². The molecule has 1 aliphatic rings. The molecule has 0 radical (unpaired) electrons. The van der Waals surface area contributed by atoms with E-state index >= 15 is 0 Å². The van der Waals surface area contributed by atoms with Gasteiger partial charge in [0.05, 0.1) is 6.10 Å². The van der Waals surface area contributed by atoms with E-state index in [4.69, 9.17) is 5.11 Å². The normalized spacial score (nSPS) is 25.3. The summed E-state index contributed by atoms with van der Waals surface area (Å²) < 4.78 is 0. The van der Waals surface area contributed by atoms with Crippen LogP contribution in [0, 0.1) is 0 Å². The monoisotopic (exact) mass is 216 g/mol. The summed E-state index contributed by atoms with van der Waals surface area (Å²) in [6.07, 6.45) is 0.160. The summed E-state index contributed by atoms with van der Waals surface area (Å²) in [7, 11) is 0. The number of nitrogens with zero attached hydrogens (tertiary/aromatic N) is 1. The lowest BCUT2D eigenvalue weighted by atomic mass is 10.2. The first kappa shape index (κ1) is 11.8. The predicted octanol–water partition coefficient (Wildman–Crippen LogP) is -0.374. The Bertz CT molecular complexity index is 256. The van der Waals surface area contributed by atoms with E-state index in [1.807, 2.05) is 6.92 Å². The molecule has 0 saturated carbocycles. The Morgan fingerprint density at radius 2 is 2.20 bits per heavy atom. The highest BCUT2D eigenvalue weighted by atomic mass is 16.4. The highest BCUT2D eigenvalue weighted by Gasteiger charge is 2.38. The van der Waals surface area contributed by atoms with Crippen molar-refractivity contribution in [1.29, 1.82) is 0 Å². The van der Waals surface area contributed by atoms with Crippen LogP contribution in [-0.2, 0) is 4.79 Å². The lowest BCUT2D eigenvalue weighted by Crippen LogP contribution is -2.46. The van der Waals surface area contributed by atoms with E-state index in [1.165, 1.54) is 4.90 Å². The molecule has 1 unspecified atom stereocenters. The van der Waals surface area contributed by atoms with Crippen LogP contribution >= 0.6 is 0 Å². The van der Waals surface area contributed by atoms with Gasteiger partial charge in [0.1, 0.15) is 6.04 Å². The molecule has 0 aromatic carbocycles. The van der Waals surface area contributed by atoms with E-state index in [9.17, 15) is 14.7 Å². The van der Waals surface area contributed by atoms with E-state index in [0.717, 1.165) is 6.42 Å². The Balaban J connectivity index is 2.58. The molecule has 1 fully saturated rings. The third-order valence-corrected chi connectivity index (χ3v) is 2.35. The van der Waals surface area contributed by atoms with Crippen LogP contribution in [-0.4, -0.2) is 52.3 Å². The number of hydrogen-bond donors (Lipinski definition) is 3. The highest BCUT2D eigenvalue weighted by molar-refractivity contribution is 5.83. The minimum atomic E-state index is -1.07. The summed E-state index contributed by atoms with van der Waals surface area (Å²) in [6.45, 7) is 2.51. The summed E-state index contributed by atoms with van der Waals surface area (Å²) in [6, 6.07) is -1.32. The molecule has 3 N–H and O–H groups in total. The molecule has 2 amide bonds. The van der Waals surface area contributed by atoms with Gasteiger partial charge < -0.3 is 20.4 Å². The van der Waals surface area contributed by atoms with E-state index in [-0.39, 0.29) is 13.0 Å². The molecule has 0 aliphatic carbocycles. The number of aliphatic carboxylic acids is 1. The van der Waals surface area contributed by atoms with Gasteiger partial charge >= 0.3 is 12.0 Å². The van der Waals surface area contributed by atoms with Crippen molar-refractivity contribution in [3.63, 3.8) is 0 Å². The van der Waals surface area contributed by atoms with E-state index < -0.39 is 24.1 Å². The summed E-state index contributed by atoms with van der Waals surface area (Å²) in [5.74, 6) is -1.07. The maximum Gasteiger partial charge on any atom is 0.326 e. The number of nitrogens with one attached hydrogen (secondary N) is 1. The second kappa shape index (κ2) is 4.97. The van der Waals surface area contributed by atoms with Gasteiger partial charge in [0, 0.05) is 19.5 Å². The number of carbonyl (C=O) groups excluding carboxylic acids is 1. The van der Waals surface area contributed by atoms with Crippen molar-refractivity contribution in [2.45, 2.75) is 31.9 Å². The Hall–Kier alpha value is -1.30. The molecule has 1 saturated heterocycles. The fourth-order valence-electron chi connectivity index (χ4n) is 1.61. The fourth-order valence-corrected chi connectivity index (χ4v) is 1.61. The van der Waals surface area contributed by atoms with Gasteiger partial charge in [-0.15, -0.1) is 0 Å². The van der Waals surface area contributed by atoms with E-state index in [0.29, 0.717) is 6.54 Å². The topological polar surface area (TPSA) is 89.9 Å². The SMILES string of the molecule is CCCNC(=O)N1CC(O)C[C@H]1C(=O)O. The molecule has 15 heavy (non-hydrogen) atoms. The molecule has 0 aromatic heterocycles. The minimum Gasteiger partial charge on any atom is -0.480 e. The molecular formula is C9H16N2O4. The minimum absolute atomic E-state index is 0.0898. The Labute approximate surface area is 87.9 Å². The van der Waals surface area contributed by atoms with E-state index in [2.05, 4.69) is 5.32 Å². The lowest BCUT2D eigenvalue weighted by Gasteiger charge is -2.21. The van der Waals surface area contributed by atoms with Crippen LogP contribution in [0.2, 0.25) is 0 Å². The van der Waals surface area contributed by atoms with Gasteiger partial charge in [-0.2, -0.15) is 0 Å². The van der Waals surface area contributed by atoms with Crippen molar-refractivity contribution in [2.75, 3.05) is 13.1 Å². The zero-order valence-electron chi connectivity index (χ0n) is 8.64. The first-order valence-electron chi connectivity index (χ1n) is 5.01. The summed E-state index contributed by atoms with van der Waals surface area (Å²) in [5.41, 5.74) is 0. The molecule has 2 atom stereocenters. The number of carbonyl (C=O) groups is 2. The van der Waals surface area contributed by atoms with Crippen molar-refractivity contribution in [3.05, 3.63) is 0 Å². The number of likely N-dealkylation sites (tertiary alicyclic amines) is 1. The molecule has 86 valence electrons. The Kier molecular flexibility index (Phi) is 3.90. The Morgan fingerprint density at radius 1 is 1.53 bits per heavy atom. The second-order valence-corrected chi connectivity index (χ2v) is 3.63. The molecule has 1 heterocycles. The standard InChI is InChI=1S/C9H16N2O4/c1-2-3-10-9(15)11-5-6(12)4-7(11)8(13)14/h6-7,12H,2-5H2,1H3,(H,10,15)(H,13,14)/t6?,7-/m0/s1. The molecule has 0 spiro atoms. The average molecular weight is 216 g/mol. The molecule has 0 aromatic rings. The zero-order chi connectivity index (χ0) is 11.4. The molecular weight excluding hydrogens is 200 g/mol. The lowest BCUT2D eigenvalue weighted by molar-refractivity contribution is -0.141. The van der Waals surface area contributed by atoms with Crippen molar-refractivity contribution >= 4 is 12.0 Å². The van der Waals surface area contributed by atoms with Gasteiger partial charge in [0.15, 0.2) is 0 Å². The van der Waals surface area contributed by atoms with Crippen LogP contribution in [0.3, 0.4) is 0 Å². The fraction of sp³-hybridized carbons (Fsp3) is 0.778. The largest absolute Gasteiger partial charge is 0.480 e. The van der Waals surface area contributed by atoms with E-state index in [1.54, 1.807) is 0 Å². The number of urea groups is 1. The summed E-state index contributed by atoms with van der Waals surface area (Å²) in [5, 5.41) is 20.7. The van der Waals surface area contributed by atoms with Gasteiger partial charge in [0.2, 0.25) is 0 Å². The first-order chi connectivity index (χ1) is 7.06. The number of aliphatic hydroxyl groups excluding tert-OH is 1. The number of β-amino-alcohol motifs (C(OH)–C–C–N with tert-alkyl or cyclic N) is 1. The first-order valence-corrected chi connectivity index (χ1v) is 5.01. The van der Waals surface area contributed by atoms with Gasteiger partial charge in [0.25, 0.3) is 0 Å². The van der Waals surface area contributed by atoms with Crippen LogP contribution < -0.4 is 5.32 Å². The molecule has 6 heteroatoms. The maximum atomic E-state index is 11.5. The van der Waals surface area contributed by atoms with Crippen molar-refractivity contribution in [1.82, 2.24) is 10.2 Å². The van der Waals surface area contributed by atoms with Crippen molar-refractivity contribution < 1.29 is 19.8 Å². The smallest absolute Gasteiger partial charge is 0.326 e. The molecule has 1 rings (SSSR count). The average Bonchev–Trinajstić information content (AvgIpc) is 2.57. The number of carboxylic acid groups (broad SMARTS) is 1. The van der Waals surface area contributed by atoms with Gasteiger partial charge in [-0.05, 0) is 6.42 Å². The van der Waals surface area contributed by atoms with Crippen LogP contribution in [0.4, 0.5) is 4.79 Å². The Morgan fingerprint density at radius 3 is 2.73 bits per heavy atom. The van der Waals surface area contributed by atoms with Crippen LogP contribution in [0.15, 0.2) is 0 Å². The number of carboxylic acids is 1. The molecule has 1 aliphatic heterocycles. The third kappa shape index (κ3) is 2.82. The molecule has 6 nitrogen and oxygen atoms in total. The maximum absolute atomic E-state index is 11.5. The number of amides is 2.